The van der Waals surface area contributed by atoms with Crippen molar-refractivity contribution in [1.82, 2.24) is 4.90 Å². The van der Waals surface area contributed by atoms with E-state index in [0.29, 0.717) is 13.1 Å². The molecule has 7 heteroatoms. The van der Waals surface area contributed by atoms with Gasteiger partial charge in [0.05, 0.1) is 14.2 Å². The van der Waals surface area contributed by atoms with Gasteiger partial charge in [-0.25, -0.2) is 9.59 Å². The van der Waals surface area contributed by atoms with E-state index in [2.05, 4.69) is 9.47 Å². The topological polar surface area (TPSA) is 82.1 Å². The van der Waals surface area contributed by atoms with Crippen LogP contribution in [0, 0.1) is 0 Å². The van der Waals surface area contributed by atoms with Crippen LogP contribution in [0.2, 0.25) is 0 Å². The fourth-order valence-electron chi connectivity index (χ4n) is 1.43. The lowest BCUT2D eigenvalue weighted by Crippen LogP contribution is -2.32. The third-order valence-corrected chi connectivity index (χ3v) is 2.29. The van der Waals surface area contributed by atoms with Crippen molar-refractivity contribution in [1.29, 1.82) is 0 Å². The Bertz CT molecular complexity index is 384. The molecule has 0 aliphatic heterocycles. The summed E-state index contributed by atoms with van der Waals surface area (Å²) in [6, 6.07) is 0. The van der Waals surface area contributed by atoms with Crippen LogP contribution in [0.15, 0.2) is 11.5 Å². The minimum atomic E-state index is -0.914. The number of rotatable bonds is 6. The van der Waals surface area contributed by atoms with E-state index in [1.165, 1.54) is 7.11 Å². The smallest absolute Gasteiger partial charge is 0.376 e. The van der Waals surface area contributed by atoms with E-state index in [1.807, 2.05) is 0 Å². The molecule has 7 nitrogen and oxygen atoms in total. The number of hydrogen-bond donors (Lipinski definition) is 0. The number of nitrogens with zero attached hydrogens (tertiary/aromatic N) is 1. The number of hydrogen-bond acceptors (Lipinski definition) is 7. The van der Waals surface area contributed by atoms with Crippen molar-refractivity contribution in [3.05, 3.63) is 11.5 Å². The molecule has 0 unspecified atom stereocenters. The van der Waals surface area contributed by atoms with Gasteiger partial charge in [0.15, 0.2) is 5.70 Å². The van der Waals surface area contributed by atoms with Gasteiger partial charge in [-0.2, -0.15) is 0 Å². The summed E-state index contributed by atoms with van der Waals surface area (Å²) in [5, 5.41) is 0. The SMILES string of the molecule is CCN(CC)/C(C(=O)OC)=C(\OC(C)=O)C(=O)OC. The maximum Gasteiger partial charge on any atom is 0.376 e. The predicted octanol–water partition coefficient (Wildman–Crippen LogP) is 0.449. The largest absolute Gasteiger partial charge is 0.464 e. The van der Waals surface area contributed by atoms with E-state index < -0.39 is 23.7 Å². The highest BCUT2D eigenvalue weighted by molar-refractivity contribution is 5.99. The zero-order valence-corrected chi connectivity index (χ0v) is 11.8. The molecule has 0 amide bonds. The number of esters is 3. The molecule has 0 fully saturated rings. The Balaban J connectivity index is 5.87. The van der Waals surface area contributed by atoms with E-state index in [1.54, 1.807) is 18.7 Å². The standard InChI is InChI=1S/C12H19NO6/c1-6-13(7-2)9(11(15)17-4)10(12(16)18-5)19-8(3)14/h6-7H2,1-5H3/b10-9-. The zero-order valence-electron chi connectivity index (χ0n) is 11.8. The van der Waals surface area contributed by atoms with Gasteiger partial charge in [-0.05, 0) is 13.8 Å². The Morgan fingerprint density at radius 1 is 0.947 bits per heavy atom. The Hall–Kier alpha value is -2.05. The molecule has 0 aromatic rings. The lowest BCUT2D eigenvalue weighted by atomic mass is 10.3. The van der Waals surface area contributed by atoms with Gasteiger partial charge in [0.25, 0.3) is 0 Å². The Morgan fingerprint density at radius 3 is 1.74 bits per heavy atom. The summed E-state index contributed by atoms with van der Waals surface area (Å²) >= 11 is 0. The molecule has 108 valence electrons. The normalized spacial score (nSPS) is 11.2. The van der Waals surface area contributed by atoms with Gasteiger partial charge < -0.3 is 19.1 Å². The Kier molecular flexibility index (Phi) is 7.25. The molecular formula is C12H19NO6. The van der Waals surface area contributed by atoms with Gasteiger partial charge >= 0.3 is 17.9 Å². The van der Waals surface area contributed by atoms with Crippen molar-refractivity contribution in [2.45, 2.75) is 20.8 Å². The fraction of sp³-hybridized carbons (Fsp3) is 0.583. The molecule has 0 aliphatic rings. The van der Waals surface area contributed by atoms with Crippen LogP contribution in [0.4, 0.5) is 0 Å². The number of methoxy groups -OCH3 is 2. The summed E-state index contributed by atoms with van der Waals surface area (Å²) in [5.74, 6) is -2.88. The Morgan fingerprint density at radius 2 is 1.42 bits per heavy atom. The van der Waals surface area contributed by atoms with Gasteiger partial charge in [0, 0.05) is 20.0 Å². The number of ether oxygens (including phenoxy) is 3. The van der Waals surface area contributed by atoms with E-state index in [0.717, 1.165) is 14.0 Å². The third-order valence-electron chi connectivity index (χ3n) is 2.29. The number of likely N-dealkylation sites (N-methyl/N-ethyl adjacent to an activating group) is 1. The second-order valence-electron chi connectivity index (χ2n) is 3.43. The Labute approximate surface area is 112 Å². The van der Waals surface area contributed by atoms with Crippen LogP contribution in [0.5, 0.6) is 0 Å². The van der Waals surface area contributed by atoms with Gasteiger partial charge in [-0.15, -0.1) is 0 Å². The van der Waals surface area contributed by atoms with Gasteiger partial charge in [0.2, 0.25) is 5.76 Å². The third kappa shape index (κ3) is 4.61. The summed E-state index contributed by atoms with van der Waals surface area (Å²) in [6.07, 6.45) is 0. The first-order chi connectivity index (χ1) is 8.92. The van der Waals surface area contributed by atoms with Crippen molar-refractivity contribution < 1.29 is 28.6 Å². The molecule has 0 aliphatic carbocycles. The highest BCUT2D eigenvalue weighted by atomic mass is 16.6. The first-order valence-corrected chi connectivity index (χ1v) is 5.77. The lowest BCUT2D eigenvalue weighted by Gasteiger charge is -2.23. The molecule has 19 heavy (non-hydrogen) atoms. The molecule has 0 spiro atoms. The molecule has 0 saturated heterocycles. The van der Waals surface area contributed by atoms with E-state index in [-0.39, 0.29) is 5.70 Å². The summed E-state index contributed by atoms with van der Waals surface area (Å²) in [5.41, 5.74) is -0.130. The summed E-state index contributed by atoms with van der Waals surface area (Å²) in [6.45, 7) is 5.57. The van der Waals surface area contributed by atoms with Crippen molar-refractivity contribution in [2.75, 3.05) is 27.3 Å². The second-order valence-corrected chi connectivity index (χ2v) is 3.43. The number of carbonyl (C=O) groups is 3. The first kappa shape index (κ1) is 16.9. The zero-order chi connectivity index (χ0) is 15.0. The molecule has 0 aromatic carbocycles. The maximum absolute atomic E-state index is 11.8. The summed E-state index contributed by atoms with van der Waals surface area (Å²) < 4.78 is 13.9. The fourth-order valence-corrected chi connectivity index (χ4v) is 1.43. The van der Waals surface area contributed by atoms with Crippen LogP contribution in [0.25, 0.3) is 0 Å². The predicted molar refractivity (Wildman–Crippen MR) is 65.7 cm³/mol. The molecule has 0 N–H and O–H groups in total. The minimum absolute atomic E-state index is 0.130. The molecule has 0 radical (unpaired) electrons. The number of carbonyl (C=O) groups excluding carboxylic acids is 3. The molecule has 0 aromatic heterocycles. The maximum atomic E-state index is 11.8. The molecular weight excluding hydrogens is 254 g/mol. The van der Waals surface area contributed by atoms with Crippen LogP contribution in [0.3, 0.4) is 0 Å². The minimum Gasteiger partial charge on any atom is -0.464 e. The summed E-state index contributed by atoms with van der Waals surface area (Å²) in [4.78, 5) is 36.0. The van der Waals surface area contributed by atoms with Crippen molar-refractivity contribution in [3.63, 3.8) is 0 Å². The molecule has 0 bridgehead atoms. The van der Waals surface area contributed by atoms with Crippen LogP contribution < -0.4 is 0 Å². The summed E-state index contributed by atoms with van der Waals surface area (Å²) in [7, 11) is 2.30. The average Bonchev–Trinajstić information content (AvgIpc) is 2.40. The van der Waals surface area contributed by atoms with Crippen molar-refractivity contribution in [3.8, 4) is 0 Å². The molecule has 0 saturated carbocycles. The van der Waals surface area contributed by atoms with Crippen molar-refractivity contribution >= 4 is 17.9 Å². The monoisotopic (exact) mass is 273 g/mol. The lowest BCUT2D eigenvalue weighted by molar-refractivity contribution is -0.150. The van der Waals surface area contributed by atoms with Crippen molar-refractivity contribution in [2.24, 2.45) is 0 Å². The molecule has 0 heterocycles. The van der Waals surface area contributed by atoms with E-state index in [4.69, 9.17) is 4.74 Å². The van der Waals surface area contributed by atoms with E-state index in [9.17, 15) is 14.4 Å². The highest BCUT2D eigenvalue weighted by Gasteiger charge is 2.29. The second kappa shape index (κ2) is 8.12. The van der Waals surface area contributed by atoms with Gasteiger partial charge in [0.1, 0.15) is 0 Å². The molecule has 0 atom stereocenters. The molecule has 0 rings (SSSR count). The first-order valence-electron chi connectivity index (χ1n) is 5.77. The quantitative estimate of drug-likeness (QED) is 0.301. The van der Waals surface area contributed by atoms with E-state index >= 15 is 0 Å². The van der Waals surface area contributed by atoms with Gasteiger partial charge in [-0.3, -0.25) is 4.79 Å². The highest BCUT2D eigenvalue weighted by Crippen LogP contribution is 2.15. The van der Waals surface area contributed by atoms with Crippen LogP contribution >= 0.6 is 0 Å². The average molecular weight is 273 g/mol. The van der Waals surface area contributed by atoms with Crippen LogP contribution in [0.1, 0.15) is 20.8 Å². The van der Waals surface area contributed by atoms with Gasteiger partial charge in [-0.1, -0.05) is 0 Å². The van der Waals surface area contributed by atoms with Crippen LogP contribution in [-0.4, -0.2) is 50.1 Å². The van der Waals surface area contributed by atoms with Crippen LogP contribution in [-0.2, 0) is 28.6 Å².